The molecule has 4 bridgehead atoms. The number of rotatable bonds is 2. The largest absolute Gasteiger partial charge is 0.497 e. The summed E-state index contributed by atoms with van der Waals surface area (Å²) in [5.41, 5.74) is 1.38. The van der Waals surface area contributed by atoms with E-state index in [-0.39, 0.29) is 24.7 Å². The number of alkyl carbamates (subject to hydrolysis) is 1. The van der Waals surface area contributed by atoms with Crippen molar-refractivity contribution in [1.82, 2.24) is 5.32 Å². The predicted octanol–water partition coefficient (Wildman–Crippen LogP) is 3.23. The second kappa shape index (κ2) is 11.7. The van der Waals surface area contributed by atoms with Gasteiger partial charge in [0.05, 0.1) is 19.6 Å². The van der Waals surface area contributed by atoms with E-state index in [1.807, 2.05) is 32.1 Å². The quantitative estimate of drug-likeness (QED) is 0.459. The van der Waals surface area contributed by atoms with Crippen molar-refractivity contribution >= 4 is 17.7 Å². The zero-order valence-electron chi connectivity index (χ0n) is 21.4. The normalized spacial score (nSPS) is 29.9. The highest BCUT2D eigenvalue weighted by Gasteiger charge is 2.46. The first-order valence-corrected chi connectivity index (χ1v) is 11.9. The van der Waals surface area contributed by atoms with E-state index in [0.29, 0.717) is 23.4 Å². The van der Waals surface area contributed by atoms with Gasteiger partial charge in [0.1, 0.15) is 18.0 Å². The molecular formula is C27H36N2O7. The van der Waals surface area contributed by atoms with E-state index < -0.39 is 30.1 Å². The lowest BCUT2D eigenvalue weighted by atomic mass is 9.89. The fourth-order valence-electron chi connectivity index (χ4n) is 4.49. The first kappa shape index (κ1) is 27.4. The highest BCUT2D eigenvalue weighted by atomic mass is 16.6. The summed E-state index contributed by atoms with van der Waals surface area (Å²) in [5, 5.41) is 27.3. The summed E-state index contributed by atoms with van der Waals surface area (Å²) >= 11 is 0. The van der Waals surface area contributed by atoms with Crippen LogP contribution in [-0.2, 0) is 20.7 Å². The van der Waals surface area contributed by atoms with Crippen LogP contribution >= 0.6 is 0 Å². The number of aliphatic hydroxyl groups excluding tert-OH is 1. The maximum absolute atomic E-state index is 12.7. The SMILES string of the molecule is COc1cc2cc(c1)NC(=O)CC(O)C(C)=CC(C)C1CC(O)(NC(=O)O1)C(OC)C=CC=C(C)C2. The summed E-state index contributed by atoms with van der Waals surface area (Å²) in [6.07, 6.45) is 4.33. The number of methoxy groups -OCH3 is 2. The molecule has 196 valence electrons. The Bertz CT molecular complexity index is 1060. The molecule has 9 nitrogen and oxygen atoms in total. The number of allylic oxidation sites excluding steroid dienone is 3. The smallest absolute Gasteiger partial charge is 0.409 e. The zero-order chi connectivity index (χ0) is 26.5. The van der Waals surface area contributed by atoms with Crippen molar-refractivity contribution in [3.8, 4) is 5.75 Å². The standard InChI is InChI=1S/C27H36N2O7/c1-16-7-6-8-24(35-5)27(33)15-23(36-26(32)29-27)18(3)10-17(2)22(30)14-25(31)28-20-11-19(9-16)12-21(13-20)34-4/h6-8,10-13,18,22-24,30,33H,9,14-15H2,1-5H3,(H,28,31)(H,29,32). The maximum Gasteiger partial charge on any atom is 0.409 e. The van der Waals surface area contributed by atoms with Gasteiger partial charge in [0.15, 0.2) is 5.72 Å². The van der Waals surface area contributed by atoms with E-state index in [2.05, 4.69) is 10.6 Å². The first-order chi connectivity index (χ1) is 17.0. The Morgan fingerprint density at radius 2 is 1.92 bits per heavy atom. The molecule has 1 saturated heterocycles. The molecule has 2 heterocycles. The lowest BCUT2D eigenvalue weighted by Crippen LogP contribution is -2.63. The number of amides is 2. The van der Waals surface area contributed by atoms with Gasteiger partial charge in [-0.2, -0.15) is 0 Å². The molecule has 2 aliphatic heterocycles. The molecule has 0 spiro atoms. The van der Waals surface area contributed by atoms with Crippen molar-refractivity contribution in [2.45, 2.75) is 64.1 Å². The van der Waals surface area contributed by atoms with Crippen molar-refractivity contribution in [2.75, 3.05) is 19.5 Å². The number of hydrogen-bond acceptors (Lipinski definition) is 7. The minimum atomic E-state index is -1.69. The van der Waals surface area contributed by atoms with Crippen LogP contribution in [0.1, 0.15) is 39.2 Å². The molecule has 0 aliphatic carbocycles. The van der Waals surface area contributed by atoms with E-state index in [0.717, 1.165) is 11.1 Å². The molecule has 9 heteroatoms. The van der Waals surface area contributed by atoms with Crippen LogP contribution in [0.5, 0.6) is 5.75 Å². The number of hydrogen-bond donors (Lipinski definition) is 4. The van der Waals surface area contributed by atoms with Gasteiger partial charge in [-0.05, 0) is 43.5 Å². The fraction of sp³-hybridized carbons (Fsp3) is 0.481. The summed E-state index contributed by atoms with van der Waals surface area (Å²) in [4.78, 5) is 25.0. The molecule has 3 rings (SSSR count). The van der Waals surface area contributed by atoms with E-state index >= 15 is 0 Å². The van der Waals surface area contributed by atoms with Gasteiger partial charge in [-0.1, -0.05) is 36.8 Å². The number of aliphatic hydroxyl groups is 2. The summed E-state index contributed by atoms with van der Waals surface area (Å²) < 4.78 is 16.4. The van der Waals surface area contributed by atoms with E-state index in [1.54, 1.807) is 38.3 Å². The number of anilines is 1. The summed E-state index contributed by atoms with van der Waals surface area (Å²) in [5.74, 6) is -0.0834. The van der Waals surface area contributed by atoms with Crippen molar-refractivity contribution in [3.05, 3.63) is 59.2 Å². The highest BCUT2D eigenvalue weighted by molar-refractivity contribution is 5.91. The van der Waals surface area contributed by atoms with Crippen LogP contribution < -0.4 is 15.4 Å². The molecule has 2 amide bonds. The summed E-state index contributed by atoms with van der Waals surface area (Å²) in [6, 6.07) is 5.48. The summed E-state index contributed by atoms with van der Waals surface area (Å²) in [7, 11) is 3.02. The molecule has 0 saturated carbocycles. The van der Waals surface area contributed by atoms with Crippen LogP contribution in [0, 0.1) is 5.92 Å². The Morgan fingerprint density at radius 1 is 1.17 bits per heavy atom. The fourth-order valence-corrected chi connectivity index (χ4v) is 4.49. The topological polar surface area (TPSA) is 126 Å². The van der Waals surface area contributed by atoms with Crippen LogP contribution in [0.25, 0.3) is 0 Å². The van der Waals surface area contributed by atoms with Gasteiger partial charge in [-0.25, -0.2) is 4.79 Å². The number of fused-ring (bicyclic) bond motifs is 4. The minimum Gasteiger partial charge on any atom is -0.497 e. The molecule has 0 aromatic heterocycles. The molecule has 1 fully saturated rings. The number of ether oxygens (including phenoxy) is 3. The maximum atomic E-state index is 12.7. The van der Waals surface area contributed by atoms with Gasteiger partial charge in [0.2, 0.25) is 5.91 Å². The van der Waals surface area contributed by atoms with Crippen LogP contribution in [0.3, 0.4) is 0 Å². The van der Waals surface area contributed by atoms with Gasteiger partial charge in [0, 0.05) is 31.2 Å². The number of carbonyl (C=O) groups is 2. The molecular weight excluding hydrogens is 464 g/mol. The third-order valence-electron chi connectivity index (χ3n) is 6.47. The lowest BCUT2D eigenvalue weighted by molar-refractivity contribution is -0.138. The zero-order valence-corrected chi connectivity index (χ0v) is 21.4. The van der Waals surface area contributed by atoms with Gasteiger partial charge in [0.25, 0.3) is 0 Å². The second-order valence-electron chi connectivity index (χ2n) is 9.54. The van der Waals surface area contributed by atoms with Crippen LogP contribution in [0.4, 0.5) is 10.5 Å². The molecule has 4 N–H and O–H groups in total. The average molecular weight is 501 g/mol. The highest BCUT2D eigenvalue weighted by Crippen LogP contribution is 2.30. The Morgan fingerprint density at radius 3 is 2.61 bits per heavy atom. The predicted molar refractivity (Wildman–Crippen MR) is 136 cm³/mol. The number of benzene rings is 1. The van der Waals surface area contributed by atoms with Crippen molar-refractivity contribution in [2.24, 2.45) is 5.92 Å². The molecule has 5 unspecified atom stereocenters. The Balaban J connectivity index is 2.00. The molecule has 1 aromatic carbocycles. The third kappa shape index (κ3) is 6.96. The minimum absolute atomic E-state index is 0.0669. The molecule has 36 heavy (non-hydrogen) atoms. The third-order valence-corrected chi connectivity index (χ3v) is 6.47. The number of nitrogens with one attached hydrogen (secondary N) is 2. The number of carbonyl (C=O) groups excluding carboxylic acids is 2. The molecule has 5 atom stereocenters. The van der Waals surface area contributed by atoms with Gasteiger partial charge >= 0.3 is 6.09 Å². The van der Waals surface area contributed by atoms with E-state index in [9.17, 15) is 19.8 Å². The van der Waals surface area contributed by atoms with E-state index in [4.69, 9.17) is 14.2 Å². The Labute approximate surface area is 211 Å². The van der Waals surface area contributed by atoms with Crippen molar-refractivity contribution in [1.29, 1.82) is 0 Å². The van der Waals surface area contributed by atoms with Crippen molar-refractivity contribution in [3.63, 3.8) is 0 Å². The monoisotopic (exact) mass is 500 g/mol. The molecule has 2 aliphatic rings. The second-order valence-corrected chi connectivity index (χ2v) is 9.54. The van der Waals surface area contributed by atoms with Crippen LogP contribution in [-0.4, -0.2) is 60.5 Å². The Kier molecular flexibility index (Phi) is 8.94. The first-order valence-electron chi connectivity index (χ1n) is 11.9. The average Bonchev–Trinajstić information content (AvgIpc) is 2.80. The van der Waals surface area contributed by atoms with Crippen LogP contribution in [0.15, 0.2) is 53.6 Å². The van der Waals surface area contributed by atoms with Gasteiger partial charge < -0.3 is 29.7 Å². The van der Waals surface area contributed by atoms with Gasteiger partial charge in [-0.15, -0.1) is 0 Å². The van der Waals surface area contributed by atoms with Gasteiger partial charge in [-0.3, -0.25) is 10.1 Å². The van der Waals surface area contributed by atoms with E-state index in [1.165, 1.54) is 7.11 Å². The van der Waals surface area contributed by atoms with Crippen molar-refractivity contribution < 1.29 is 34.0 Å². The Hall–Kier alpha value is -3.14. The molecule has 0 radical (unpaired) electrons. The molecule has 1 aromatic rings. The van der Waals surface area contributed by atoms with Crippen LogP contribution in [0.2, 0.25) is 0 Å². The summed E-state index contributed by atoms with van der Waals surface area (Å²) in [6.45, 7) is 5.49. The lowest BCUT2D eigenvalue weighted by Gasteiger charge is -2.41.